The van der Waals surface area contributed by atoms with Gasteiger partial charge >= 0.3 is 0 Å². The van der Waals surface area contributed by atoms with Gasteiger partial charge in [-0.25, -0.2) is 8.78 Å². The molecule has 0 bridgehead atoms. The lowest BCUT2D eigenvalue weighted by molar-refractivity contribution is -0.142. The van der Waals surface area contributed by atoms with Crippen LogP contribution in [-0.4, -0.2) is 34.6 Å². The summed E-state index contributed by atoms with van der Waals surface area (Å²) in [5.41, 5.74) is 7.30. The number of hydrogen-bond donors (Lipinski definition) is 1. The molecule has 0 aromatic heterocycles. The Labute approximate surface area is 193 Å². The maximum absolute atomic E-state index is 14.4. The molecule has 2 aromatic carbocycles. The highest BCUT2D eigenvalue weighted by Gasteiger charge is 2.56. The zero-order chi connectivity index (χ0) is 24.3. The van der Waals surface area contributed by atoms with Crippen LogP contribution in [0.25, 0.3) is 11.1 Å². The smallest absolute Gasteiger partial charge is 0.262 e. The number of benzene rings is 2. The minimum atomic E-state index is -2.88. The molecule has 1 amide bonds. The van der Waals surface area contributed by atoms with E-state index in [1.165, 1.54) is 6.92 Å². The lowest BCUT2D eigenvalue weighted by Crippen LogP contribution is -2.53. The van der Waals surface area contributed by atoms with Crippen molar-refractivity contribution in [3.63, 3.8) is 0 Å². The van der Waals surface area contributed by atoms with Crippen LogP contribution in [0.3, 0.4) is 0 Å². The van der Waals surface area contributed by atoms with Gasteiger partial charge in [-0.3, -0.25) is 9.59 Å². The van der Waals surface area contributed by atoms with Crippen LogP contribution in [0.5, 0.6) is 0 Å². The summed E-state index contributed by atoms with van der Waals surface area (Å²) < 4.78 is 28.8. The van der Waals surface area contributed by atoms with Gasteiger partial charge < -0.3 is 10.6 Å². The predicted molar refractivity (Wildman–Crippen MR) is 122 cm³/mol. The zero-order valence-corrected chi connectivity index (χ0v) is 19.1. The van der Waals surface area contributed by atoms with E-state index >= 15 is 0 Å². The van der Waals surface area contributed by atoms with Crippen LogP contribution in [0, 0.1) is 17.2 Å². The van der Waals surface area contributed by atoms with Gasteiger partial charge in [-0.05, 0) is 48.8 Å². The number of rotatable bonds is 9. The lowest BCUT2D eigenvalue weighted by atomic mass is 9.96. The Morgan fingerprint density at radius 1 is 1.06 bits per heavy atom. The highest BCUT2D eigenvalue weighted by atomic mass is 19.3. The predicted octanol–water partition coefficient (Wildman–Crippen LogP) is 5.12. The first-order chi connectivity index (χ1) is 15.6. The van der Waals surface area contributed by atoms with Crippen molar-refractivity contribution in [2.75, 3.05) is 0 Å². The van der Waals surface area contributed by atoms with Gasteiger partial charge in [-0.1, -0.05) is 62.4 Å². The van der Waals surface area contributed by atoms with Crippen molar-refractivity contribution in [1.82, 2.24) is 4.90 Å². The molecule has 1 fully saturated rings. The van der Waals surface area contributed by atoms with Crippen LogP contribution in [0.2, 0.25) is 0 Å². The lowest BCUT2D eigenvalue weighted by Gasteiger charge is -2.37. The van der Waals surface area contributed by atoms with Gasteiger partial charge in [-0.15, -0.1) is 0 Å². The topological polar surface area (TPSA) is 87.2 Å². The Morgan fingerprint density at radius 3 is 1.97 bits per heavy atom. The molecule has 0 unspecified atom stereocenters. The Morgan fingerprint density at radius 2 is 1.58 bits per heavy atom. The molecule has 33 heavy (non-hydrogen) atoms. The van der Waals surface area contributed by atoms with E-state index < -0.39 is 30.0 Å². The van der Waals surface area contributed by atoms with E-state index in [0.29, 0.717) is 24.8 Å². The molecule has 0 spiro atoms. The minimum absolute atomic E-state index is 0.0383. The summed E-state index contributed by atoms with van der Waals surface area (Å²) in [6.07, 6.45) is -1.82. The molecule has 0 aliphatic heterocycles. The van der Waals surface area contributed by atoms with Crippen molar-refractivity contribution in [2.45, 2.75) is 64.1 Å². The third-order valence-electron chi connectivity index (χ3n) is 6.07. The number of alkyl halides is 2. The van der Waals surface area contributed by atoms with Crippen LogP contribution in [-0.2, 0) is 4.79 Å². The van der Waals surface area contributed by atoms with Crippen molar-refractivity contribution < 1.29 is 18.4 Å². The molecule has 2 aromatic rings. The molecule has 2 N–H and O–H groups in total. The summed E-state index contributed by atoms with van der Waals surface area (Å²) in [4.78, 5) is 25.7. The van der Waals surface area contributed by atoms with Gasteiger partial charge in [0, 0.05) is 5.56 Å². The number of nitrogens with two attached hydrogens (primary N) is 1. The normalized spacial score (nSPS) is 16.2. The maximum atomic E-state index is 14.4. The number of nitrogens with zero attached hydrogens (tertiary/aromatic N) is 2. The summed E-state index contributed by atoms with van der Waals surface area (Å²) in [5.74, 6) is -0.540. The van der Waals surface area contributed by atoms with Crippen LogP contribution in [0.4, 0.5) is 8.78 Å². The molecular formula is C26H29F2N3O2. The van der Waals surface area contributed by atoms with E-state index in [1.54, 1.807) is 48.5 Å². The third kappa shape index (κ3) is 5.28. The molecule has 0 radical (unpaired) electrons. The number of halogens is 2. The van der Waals surface area contributed by atoms with E-state index in [9.17, 15) is 23.6 Å². The Balaban J connectivity index is 1.95. The second-order valence-electron chi connectivity index (χ2n) is 9.12. The Bertz CT molecular complexity index is 1040. The second kappa shape index (κ2) is 9.80. The molecule has 174 valence electrons. The highest BCUT2D eigenvalue weighted by molar-refractivity contribution is 5.94. The molecular weight excluding hydrogens is 424 g/mol. The van der Waals surface area contributed by atoms with Gasteiger partial charge in [0.25, 0.3) is 6.43 Å². The Kier molecular flexibility index (Phi) is 7.28. The fourth-order valence-electron chi connectivity index (χ4n) is 4.10. The molecule has 3 rings (SSSR count). The summed E-state index contributed by atoms with van der Waals surface area (Å²) in [5, 5.41) is 9.72. The fourth-order valence-corrected chi connectivity index (χ4v) is 4.10. The second-order valence-corrected chi connectivity index (χ2v) is 9.12. The average Bonchev–Trinajstić information content (AvgIpc) is 3.57. The molecule has 1 aliphatic carbocycles. The fraction of sp³-hybridized carbons (Fsp3) is 0.423. The first kappa shape index (κ1) is 24.5. The highest BCUT2D eigenvalue weighted by Crippen LogP contribution is 2.47. The van der Waals surface area contributed by atoms with E-state index in [2.05, 4.69) is 6.07 Å². The largest absolute Gasteiger partial charge is 0.320 e. The summed E-state index contributed by atoms with van der Waals surface area (Å²) in [7, 11) is 0. The van der Waals surface area contributed by atoms with Gasteiger partial charge in [0.05, 0.1) is 12.1 Å². The average molecular weight is 454 g/mol. The van der Waals surface area contributed by atoms with E-state index in [4.69, 9.17) is 5.73 Å². The van der Waals surface area contributed by atoms with Crippen LogP contribution < -0.4 is 5.73 Å². The summed E-state index contributed by atoms with van der Waals surface area (Å²) in [6, 6.07) is 13.1. The number of hydrogen-bond acceptors (Lipinski definition) is 4. The molecule has 7 heteroatoms. The monoisotopic (exact) mass is 453 g/mol. The first-order valence-electron chi connectivity index (χ1n) is 11.1. The van der Waals surface area contributed by atoms with Gasteiger partial charge in [0.1, 0.15) is 11.6 Å². The van der Waals surface area contributed by atoms with Gasteiger partial charge in [-0.2, -0.15) is 5.26 Å². The van der Waals surface area contributed by atoms with Crippen molar-refractivity contribution in [3.05, 3.63) is 59.7 Å². The number of carbonyl (C=O) groups excluding carboxylic acids is 2. The minimum Gasteiger partial charge on any atom is -0.320 e. The maximum Gasteiger partial charge on any atom is 0.262 e. The number of amides is 1. The van der Waals surface area contributed by atoms with Gasteiger partial charge in [0.2, 0.25) is 5.91 Å². The molecule has 1 saturated carbocycles. The summed E-state index contributed by atoms with van der Waals surface area (Å²) >= 11 is 0. The third-order valence-corrected chi connectivity index (χ3v) is 6.07. The quantitative estimate of drug-likeness (QED) is 0.534. The number of nitriles is 1. The number of ketones is 1. The van der Waals surface area contributed by atoms with Crippen LogP contribution in [0.15, 0.2) is 48.5 Å². The summed E-state index contributed by atoms with van der Waals surface area (Å²) in [6.45, 7) is 5.30. The molecule has 1 aliphatic rings. The SMILES string of the molecule is CC(=O)c1ccc(-c2ccc([C@@H](C(F)F)N(C(=O)[C@@H](N)CC(C)C)C3(C#N)CC3)cc2)cc1. The van der Waals surface area contributed by atoms with E-state index in [0.717, 1.165) is 16.0 Å². The molecule has 0 heterocycles. The van der Waals surface area contributed by atoms with Crippen LogP contribution in [0.1, 0.15) is 62.0 Å². The number of carbonyl (C=O) groups is 2. The molecule has 2 atom stereocenters. The van der Waals surface area contributed by atoms with Crippen molar-refractivity contribution in [1.29, 1.82) is 5.26 Å². The molecule has 5 nitrogen and oxygen atoms in total. The van der Waals surface area contributed by atoms with Crippen molar-refractivity contribution in [3.8, 4) is 17.2 Å². The van der Waals surface area contributed by atoms with E-state index in [-0.39, 0.29) is 17.3 Å². The Hall–Kier alpha value is -3.11. The van der Waals surface area contributed by atoms with Crippen molar-refractivity contribution >= 4 is 11.7 Å². The van der Waals surface area contributed by atoms with Crippen LogP contribution >= 0.6 is 0 Å². The molecule has 0 saturated heterocycles. The van der Waals surface area contributed by atoms with Crippen molar-refractivity contribution in [2.24, 2.45) is 11.7 Å². The standard InChI is InChI=1S/C26H29F2N3O2/c1-16(2)14-22(30)25(33)31(26(15-29)12-13-26)23(24(27)28)21-10-8-20(9-11-21)19-6-4-18(5-7-19)17(3)32/h4-11,16,22-24H,12-14,30H2,1-3H3/t22-,23-/m0/s1. The number of Topliss-reactive ketones (excluding diaryl/α,β-unsaturated/α-hetero) is 1. The van der Waals surface area contributed by atoms with E-state index in [1.807, 2.05) is 13.8 Å². The van der Waals surface area contributed by atoms with Gasteiger partial charge in [0.15, 0.2) is 5.78 Å². The zero-order valence-electron chi connectivity index (χ0n) is 19.1. The first-order valence-corrected chi connectivity index (χ1v) is 11.1.